The number of nitrogens with two attached hydrogens (primary N) is 1. The Balaban J connectivity index is 2.56. The van der Waals surface area contributed by atoms with E-state index in [1.54, 1.807) is 0 Å². The number of hydrogen-bond acceptors (Lipinski definition) is 5. The van der Waals surface area contributed by atoms with Gasteiger partial charge < -0.3 is 5.73 Å². The zero-order valence-corrected chi connectivity index (χ0v) is 6.02. The van der Waals surface area contributed by atoms with Gasteiger partial charge in [-0.15, -0.1) is 0 Å². The van der Waals surface area contributed by atoms with E-state index in [4.69, 9.17) is 5.73 Å². The monoisotopic (exact) mass is 149 g/mol. The zero-order chi connectivity index (χ0) is 7.90. The molecule has 2 heterocycles. The molecule has 0 aromatic carbocycles. The van der Waals surface area contributed by atoms with Gasteiger partial charge in [0.25, 0.3) is 0 Å². The molecule has 0 radical (unpaired) electrons. The van der Waals surface area contributed by atoms with Crippen LogP contribution in [-0.4, -0.2) is 29.9 Å². The molecule has 5 heteroatoms. The quantitative estimate of drug-likeness (QED) is 0.499. The van der Waals surface area contributed by atoms with Crippen LogP contribution in [0.15, 0.2) is 20.0 Å². The molecule has 0 saturated heterocycles. The third kappa shape index (κ3) is 0.646. The number of aliphatic imine (C=N–C) groups is 4. The van der Waals surface area contributed by atoms with Crippen molar-refractivity contribution in [2.75, 3.05) is 0 Å². The maximum absolute atomic E-state index is 5.62. The Labute approximate surface area is 63.5 Å². The molecular formula is C6H7N5. The smallest absolute Gasteiger partial charge is 0.176 e. The number of hydrogen-bond donors (Lipinski definition) is 1. The zero-order valence-electron chi connectivity index (χ0n) is 6.02. The van der Waals surface area contributed by atoms with Crippen molar-refractivity contribution in [2.45, 2.75) is 12.5 Å². The van der Waals surface area contributed by atoms with E-state index in [1.807, 2.05) is 6.92 Å². The van der Waals surface area contributed by atoms with Crippen LogP contribution in [0.5, 0.6) is 0 Å². The van der Waals surface area contributed by atoms with Crippen molar-refractivity contribution >= 4 is 24.3 Å². The molecule has 1 atom stereocenters. The summed E-state index contributed by atoms with van der Waals surface area (Å²) in [6, 6.07) is 0. The molecule has 56 valence electrons. The van der Waals surface area contributed by atoms with E-state index in [0.29, 0.717) is 11.7 Å². The highest BCUT2D eigenvalue weighted by atomic mass is 15.2. The number of fused-ring (bicyclic) bond motifs is 1. The second-order valence-corrected chi connectivity index (χ2v) is 2.53. The van der Waals surface area contributed by atoms with E-state index >= 15 is 0 Å². The highest BCUT2D eigenvalue weighted by Gasteiger charge is 2.38. The predicted octanol–water partition coefficient (Wildman–Crippen LogP) is -0.415. The van der Waals surface area contributed by atoms with Crippen molar-refractivity contribution in [2.24, 2.45) is 25.7 Å². The molecule has 0 spiro atoms. The van der Waals surface area contributed by atoms with Crippen LogP contribution in [0.1, 0.15) is 6.92 Å². The Morgan fingerprint density at radius 2 is 2.18 bits per heavy atom. The lowest BCUT2D eigenvalue weighted by Crippen LogP contribution is -2.46. The predicted molar refractivity (Wildman–Crippen MR) is 44.4 cm³/mol. The van der Waals surface area contributed by atoms with Crippen LogP contribution in [0.25, 0.3) is 0 Å². The Bertz CT molecular complexity index is 311. The van der Waals surface area contributed by atoms with E-state index in [9.17, 15) is 0 Å². The molecular weight excluding hydrogens is 142 g/mol. The van der Waals surface area contributed by atoms with Crippen molar-refractivity contribution < 1.29 is 0 Å². The van der Waals surface area contributed by atoms with Crippen molar-refractivity contribution in [3.05, 3.63) is 0 Å². The SMILES string of the molecule is CC12N=CN=C1N=CN=C2N. The van der Waals surface area contributed by atoms with Crippen LogP contribution in [0.3, 0.4) is 0 Å². The molecule has 0 aromatic rings. The van der Waals surface area contributed by atoms with Crippen LogP contribution in [0.4, 0.5) is 0 Å². The molecule has 1 unspecified atom stereocenters. The average molecular weight is 149 g/mol. The molecule has 2 aliphatic heterocycles. The third-order valence-electron chi connectivity index (χ3n) is 1.81. The summed E-state index contributed by atoms with van der Waals surface area (Å²) in [4.78, 5) is 15.8. The summed E-state index contributed by atoms with van der Waals surface area (Å²) in [6.07, 6.45) is 2.85. The Morgan fingerprint density at radius 1 is 1.36 bits per heavy atom. The molecule has 0 bridgehead atoms. The summed E-state index contributed by atoms with van der Waals surface area (Å²) in [5, 5.41) is 0. The van der Waals surface area contributed by atoms with Gasteiger partial charge in [-0.1, -0.05) is 0 Å². The second kappa shape index (κ2) is 1.75. The third-order valence-corrected chi connectivity index (χ3v) is 1.81. The first kappa shape index (κ1) is 6.21. The first-order chi connectivity index (χ1) is 5.23. The molecule has 0 amide bonds. The fourth-order valence-electron chi connectivity index (χ4n) is 0.994. The molecule has 5 nitrogen and oxygen atoms in total. The van der Waals surface area contributed by atoms with Gasteiger partial charge in [-0.05, 0) is 6.92 Å². The van der Waals surface area contributed by atoms with E-state index in [2.05, 4.69) is 20.0 Å². The number of amidine groups is 2. The van der Waals surface area contributed by atoms with Gasteiger partial charge in [-0.25, -0.2) is 15.0 Å². The minimum absolute atomic E-state index is 0.444. The van der Waals surface area contributed by atoms with E-state index in [-0.39, 0.29) is 0 Å². The van der Waals surface area contributed by atoms with Gasteiger partial charge in [-0.2, -0.15) is 0 Å². The van der Waals surface area contributed by atoms with E-state index in [1.165, 1.54) is 12.7 Å². The number of nitrogens with zero attached hydrogens (tertiary/aromatic N) is 4. The molecule has 0 aliphatic carbocycles. The van der Waals surface area contributed by atoms with Gasteiger partial charge in [0.15, 0.2) is 11.4 Å². The summed E-state index contributed by atoms with van der Waals surface area (Å²) < 4.78 is 0. The summed E-state index contributed by atoms with van der Waals surface area (Å²) >= 11 is 0. The second-order valence-electron chi connectivity index (χ2n) is 2.53. The maximum Gasteiger partial charge on any atom is 0.176 e. The number of rotatable bonds is 0. The van der Waals surface area contributed by atoms with Crippen LogP contribution in [0.2, 0.25) is 0 Å². The summed E-state index contributed by atoms with van der Waals surface area (Å²) in [6.45, 7) is 1.84. The molecule has 2 aliphatic rings. The molecule has 0 aromatic heterocycles. The van der Waals surface area contributed by atoms with E-state index < -0.39 is 5.54 Å². The van der Waals surface area contributed by atoms with Gasteiger partial charge in [-0.3, -0.25) is 4.99 Å². The normalized spacial score (nSPS) is 33.2. The fourth-order valence-corrected chi connectivity index (χ4v) is 0.994. The summed E-state index contributed by atoms with van der Waals surface area (Å²) in [5.41, 5.74) is 5.02. The minimum atomic E-state index is -0.602. The van der Waals surface area contributed by atoms with Gasteiger partial charge in [0.05, 0.1) is 0 Å². The van der Waals surface area contributed by atoms with Gasteiger partial charge in [0, 0.05) is 0 Å². The average Bonchev–Trinajstić information content (AvgIpc) is 2.34. The maximum atomic E-state index is 5.62. The van der Waals surface area contributed by atoms with Crippen molar-refractivity contribution in [1.82, 2.24) is 0 Å². The first-order valence-corrected chi connectivity index (χ1v) is 3.22. The molecule has 0 saturated carbocycles. The fraction of sp³-hybridized carbons (Fsp3) is 0.333. The van der Waals surface area contributed by atoms with Crippen LogP contribution >= 0.6 is 0 Å². The topological polar surface area (TPSA) is 75.5 Å². The lowest BCUT2D eigenvalue weighted by molar-refractivity contribution is 0.831. The van der Waals surface area contributed by atoms with Crippen molar-refractivity contribution in [3.63, 3.8) is 0 Å². The van der Waals surface area contributed by atoms with Gasteiger partial charge in [0.1, 0.15) is 18.5 Å². The van der Waals surface area contributed by atoms with E-state index in [0.717, 1.165) is 0 Å². The first-order valence-electron chi connectivity index (χ1n) is 3.22. The van der Waals surface area contributed by atoms with Gasteiger partial charge in [0.2, 0.25) is 0 Å². The van der Waals surface area contributed by atoms with Crippen molar-refractivity contribution in [3.8, 4) is 0 Å². The van der Waals surface area contributed by atoms with Crippen LogP contribution in [-0.2, 0) is 0 Å². The molecule has 2 rings (SSSR count). The Hall–Kier alpha value is -1.52. The van der Waals surface area contributed by atoms with Gasteiger partial charge >= 0.3 is 0 Å². The van der Waals surface area contributed by atoms with Crippen LogP contribution < -0.4 is 5.73 Å². The standard InChI is InChI=1S/C6H7N5/c1-6-4(7)8-2-9-5(6)10-3-11-6/h2-3H,1H3,(H2,7,8,9,10,11). The Morgan fingerprint density at radius 3 is 2.91 bits per heavy atom. The highest BCUT2D eigenvalue weighted by Crippen LogP contribution is 2.19. The van der Waals surface area contributed by atoms with Crippen LogP contribution in [0, 0.1) is 0 Å². The van der Waals surface area contributed by atoms with Crippen molar-refractivity contribution in [1.29, 1.82) is 0 Å². The molecule has 2 N–H and O–H groups in total. The lowest BCUT2D eigenvalue weighted by atomic mass is 10.0. The summed E-state index contributed by atoms with van der Waals surface area (Å²) in [5.74, 6) is 1.06. The largest absolute Gasteiger partial charge is 0.385 e. The highest BCUT2D eigenvalue weighted by molar-refractivity contribution is 6.23. The Kier molecular flexibility index (Phi) is 0.986. The summed E-state index contributed by atoms with van der Waals surface area (Å²) in [7, 11) is 0. The molecule has 0 fully saturated rings. The molecule has 11 heavy (non-hydrogen) atoms. The minimum Gasteiger partial charge on any atom is -0.385 e. The lowest BCUT2D eigenvalue weighted by Gasteiger charge is -2.21.